The molecule has 0 saturated carbocycles. The van der Waals surface area contributed by atoms with E-state index >= 15 is 0 Å². The van der Waals surface area contributed by atoms with Gasteiger partial charge in [0.15, 0.2) is 6.29 Å². The lowest BCUT2D eigenvalue weighted by atomic mass is 10.3. The van der Waals surface area contributed by atoms with Gasteiger partial charge in [0.1, 0.15) is 18.0 Å². The Labute approximate surface area is 110 Å². The summed E-state index contributed by atoms with van der Waals surface area (Å²) in [5, 5.41) is 2.74. The van der Waals surface area contributed by atoms with Crippen molar-refractivity contribution in [2.75, 3.05) is 12.4 Å². The zero-order valence-electron chi connectivity index (χ0n) is 10.4. The van der Waals surface area contributed by atoms with E-state index in [9.17, 15) is 9.59 Å². The lowest BCUT2D eigenvalue weighted by Gasteiger charge is -2.07. The van der Waals surface area contributed by atoms with Crippen molar-refractivity contribution in [3.63, 3.8) is 0 Å². The molecule has 0 fully saturated rings. The Bertz CT molecular complexity index is 592. The first-order chi connectivity index (χ1) is 9.21. The van der Waals surface area contributed by atoms with Crippen LogP contribution in [0.15, 0.2) is 36.8 Å². The molecule has 0 aliphatic rings. The van der Waals surface area contributed by atoms with Crippen molar-refractivity contribution in [3.8, 4) is 5.75 Å². The molecule has 1 amide bonds. The van der Waals surface area contributed by atoms with Crippen LogP contribution < -0.4 is 10.1 Å². The molecule has 0 unspecified atom stereocenters. The summed E-state index contributed by atoms with van der Waals surface area (Å²) >= 11 is 0. The quantitative estimate of drug-likeness (QED) is 0.822. The first kappa shape index (κ1) is 12.8. The summed E-state index contributed by atoms with van der Waals surface area (Å²) < 4.78 is 6.61. The summed E-state index contributed by atoms with van der Waals surface area (Å²) in [4.78, 5) is 26.1. The lowest BCUT2D eigenvalue weighted by molar-refractivity contribution is -0.116. The lowest BCUT2D eigenvalue weighted by Crippen LogP contribution is -2.17. The molecule has 0 aliphatic heterocycles. The molecule has 19 heavy (non-hydrogen) atoms. The average Bonchev–Trinajstić information content (AvgIpc) is 2.86. The highest BCUT2D eigenvalue weighted by atomic mass is 16.5. The van der Waals surface area contributed by atoms with E-state index in [1.807, 2.05) is 0 Å². The van der Waals surface area contributed by atoms with Crippen LogP contribution in [0.2, 0.25) is 0 Å². The number of carbonyl (C=O) groups is 2. The molecule has 0 atom stereocenters. The molecule has 6 heteroatoms. The summed E-state index contributed by atoms with van der Waals surface area (Å²) in [5.41, 5.74) is 0.953. The van der Waals surface area contributed by atoms with Crippen molar-refractivity contribution in [2.24, 2.45) is 0 Å². The highest BCUT2D eigenvalue weighted by molar-refractivity contribution is 5.90. The second-order valence-electron chi connectivity index (χ2n) is 3.87. The molecule has 0 saturated heterocycles. The van der Waals surface area contributed by atoms with Crippen LogP contribution in [0.3, 0.4) is 0 Å². The van der Waals surface area contributed by atoms with E-state index in [2.05, 4.69) is 10.3 Å². The number of nitrogens with zero attached hydrogens (tertiary/aromatic N) is 2. The van der Waals surface area contributed by atoms with Crippen molar-refractivity contribution in [1.29, 1.82) is 0 Å². The minimum Gasteiger partial charge on any atom is -0.497 e. The van der Waals surface area contributed by atoms with Crippen molar-refractivity contribution >= 4 is 17.9 Å². The molecule has 0 radical (unpaired) electrons. The number of benzene rings is 1. The third-order valence-electron chi connectivity index (χ3n) is 2.45. The van der Waals surface area contributed by atoms with Gasteiger partial charge in [0.25, 0.3) is 0 Å². The Morgan fingerprint density at radius 1 is 1.53 bits per heavy atom. The summed E-state index contributed by atoms with van der Waals surface area (Å²) in [7, 11) is 1.56. The van der Waals surface area contributed by atoms with Gasteiger partial charge in [0.2, 0.25) is 5.91 Å². The van der Waals surface area contributed by atoms with E-state index in [1.54, 1.807) is 35.9 Å². The van der Waals surface area contributed by atoms with Gasteiger partial charge in [-0.05, 0) is 12.1 Å². The molecule has 1 aromatic heterocycles. The van der Waals surface area contributed by atoms with E-state index in [4.69, 9.17) is 4.74 Å². The monoisotopic (exact) mass is 259 g/mol. The molecule has 98 valence electrons. The van der Waals surface area contributed by atoms with Crippen LogP contribution in [0.4, 0.5) is 5.69 Å². The summed E-state index contributed by atoms with van der Waals surface area (Å²) in [6.07, 6.45) is 3.59. The van der Waals surface area contributed by atoms with Crippen molar-refractivity contribution in [2.45, 2.75) is 6.54 Å². The fourth-order valence-electron chi connectivity index (χ4n) is 1.59. The molecular formula is C13H13N3O3. The number of aromatic nitrogens is 2. The van der Waals surface area contributed by atoms with Gasteiger partial charge in [-0.2, -0.15) is 0 Å². The van der Waals surface area contributed by atoms with Gasteiger partial charge in [-0.25, -0.2) is 4.98 Å². The molecule has 0 bridgehead atoms. The number of anilines is 1. The van der Waals surface area contributed by atoms with Crippen LogP contribution in [0.5, 0.6) is 5.75 Å². The minimum atomic E-state index is -0.205. The molecule has 1 heterocycles. The summed E-state index contributed by atoms with van der Waals surface area (Å²) in [5.74, 6) is 0.465. The maximum atomic E-state index is 11.8. The van der Waals surface area contributed by atoms with Gasteiger partial charge < -0.3 is 14.6 Å². The van der Waals surface area contributed by atoms with Crippen LogP contribution in [0.1, 0.15) is 10.5 Å². The van der Waals surface area contributed by atoms with E-state index in [1.165, 1.54) is 12.5 Å². The maximum absolute atomic E-state index is 11.8. The number of imidazole rings is 1. The van der Waals surface area contributed by atoms with E-state index in [-0.39, 0.29) is 12.5 Å². The third kappa shape index (κ3) is 3.41. The number of carbonyl (C=O) groups excluding carboxylic acids is 2. The number of rotatable bonds is 5. The number of nitrogens with one attached hydrogen (secondary N) is 1. The number of hydrogen-bond donors (Lipinski definition) is 1. The van der Waals surface area contributed by atoms with E-state index < -0.39 is 0 Å². The molecular weight excluding hydrogens is 246 g/mol. The van der Waals surface area contributed by atoms with Gasteiger partial charge >= 0.3 is 0 Å². The van der Waals surface area contributed by atoms with Gasteiger partial charge in [-0.15, -0.1) is 0 Å². The zero-order chi connectivity index (χ0) is 13.7. The Morgan fingerprint density at radius 3 is 3.05 bits per heavy atom. The van der Waals surface area contributed by atoms with Crippen molar-refractivity contribution < 1.29 is 14.3 Å². The summed E-state index contributed by atoms with van der Waals surface area (Å²) in [6.45, 7) is 0.0953. The van der Waals surface area contributed by atoms with Crippen LogP contribution in [0, 0.1) is 0 Å². The molecule has 1 N–H and O–H groups in total. The normalized spacial score (nSPS) is 9.95. The standard InChI is InChI=1S/C13H13N3O3/c1-19-12-4-2-3-10(5-12)15-13(18)7-16-6-11(8-17)14-9-16/h2-6,8-9H,7H2,1H3,(H,15,18). The highest BCUT2D eigenvalue weighted by Gasteiger charge is 2.05. The molecule has 1 aromatic carbocycles. The Hall–Kier alpha value is -2.63. The van der Waals surface area contributed by atoms with Gasteiger partial charge in [0.05, 0.1) is 13.4 Å². The Balaban J connectivity index is 1.98. The van der Waals surface area contributed by atoms with Crippen LogP contribution in [0.25, 0.3) is 0 Å². The average molecular weight is 259 g/mol. The molecule has 2 aromatic rings. The largest absolute Gasteiger partial charge is 0.497 e. The molecule has 0 spiro atoms. The number of methoxy groups -OCH3 is 1. The highest BCUT2D eigenvalue weighted by Crippen LogP contribution is 2.16. The third-order valence-corrected chi connectivity index (χ3v) is 2.45. The summed E-state index contributed by atoms with van der Waals surface area (Å²) in [6, 6.07) is 7.08. The topological polar surface area (TPSA) is 73.2 Å². The molecule has 0 aliphatic carbocycles. The first-order valence-corrected chi connectivity index (χ1v) is 5.62. The van der Waals surface area contributed by atoms with E-state index in [0.717, 1.165) is 0 Å². The molecule has 2 rings (SSSR count). The predicted octanol–water partition coefficient (Wildman–Crippen LogP) is 1.34. The second kappa shape index (κ2) is 5.81. The number of amides is 1. The Morgan fingerprint density at radius 2 is 2.37 bits per heavy atom. The van der Waals surface area contributed by atoms with Crippen molar-refractivity contribution in [3.05, 3.63) is 42.5 Å². The van der Waals surface area contributed by atoms with E-state index in [0.29, 0.717) is 23.4 Å². The number of aldehydes is 1. The van der Waals surface area contributed by atoms with Crippen LogP contribution >= 0.6 is 0 Å². The fourth-order valence-corrected chi connectivity index (χ4v) is 1.59. The Kier molecular flexibility index (Phi) is 3.92. The fraction of sp³-hybridized carbons (Fsp3) is 0.154. The van der Waals surface area contributed by atoms with Gasteiger partial charge in [-0.1, -0.05) is 6.07 Å². The smallest absolute Gasteiger partial charge is 0.244 e. The number of ether oxygens (including phenoxy) is 1. The minimum absolute atomic E-state index is 0.0953. The zero-order valence-corrected chi connectivity index (χ0v) is 10.4. The van der Waals surface area contributed by atoms with Crippen LogP contribution in [-0.4, -0.2) is 28.9 Å². The van der Waals surface area contributed by atoms with Gasteiger partial charge in [-0.3, -0.25) is 9.59 Å². The predicted molar refractivity (Wildman–Crippen MR) is 69.2 cm³/mol. The molecule has 6 nitrogen and oxygen atoms in total. The van der Waals surface area contributed by atoms with Gasteiger partial charge in [0, 0.05) is 18.0 Å². The van der Waals surface area contributed by atoms with Crippen molar-refractivity contribution in [1.82, 2.24) is 9.55 Å². The van der Waals surface area contributed by atoms with Crippen LogP contribution in [-0.2, 0) is 11.3 Å². The number of hydrogen-bond acceptors (Lipinski definition) is 4. The first-order valence-electron chi connectivity index (χ1n) is 5.62. The SMILES string of the molecule is COc1cccc(NC(=O)Cn2cnc(C=O)c2)c1. The second-order valence-corrected chi connectivity index (χ2v) is 3.87. The maximum Gasteiger partial charge on any atom is 0.244 e.